The van der Waals surface area contributed by atoms with Crippen molar-refractivity contribution in [3.63, 3.8) is 0 Å². The predicted octanol–water partition coefficient (Wildman–Crippen LogP) is 3.31. The van der Waals surface area contributed by atoms with Gasteiger partial charge in [-0.25, -0.2) is 13.2 Å². The fraction of sp³-hybridized carbons (Fsp3) is 0.375. The highest BCUT2D eigenvalue weighted by Crippen LogP contribution is 2.39. The summed E-state index contributed by atoms with van der Waals surface area (Å²) < 4.78 is 68.2. The number of fused-ring (bicyclic) bond motifs is 1. The minimum atomic E-state index is -4.93. The van der Waals surface area contributed by atoms with Crippen LogP contribution >= 0.6 is 23.2 Å². The molecule has 0 aliphatic carbocycles. The number of carbonyl (C=O) groups is 1. The van der Waals surface area contributed by atoms with Crippen molar-refractivity contribution in [2.24, 2.45) is 5.73 Å². The quantitative estimate of drug-likeness (QED) is 0.423. The van der Waals surface area contributed by atoms with Gasteiger partial charge in [0.15, 0.2) is 9.84 Å². The number of rotatable bonds is 7. The lowest BCUT2D eigenvalue weighted by molar-refractivity contribution is -0.138. The summed E-state index contributed by atoms with van der Waals surface area (Å²) >= 11 is 12.4. The molecule has 0 bridgehead atoms. The number of hydrogen-bond acceptors (Lipinski definition) is 6. The zero-order valence-electron chi connectivity index (χ0n) is 20.4. The van der Waals surface area contributed by atoms with Gasteiger partial charge in [-0.2, -0.15) is 13.2 Å². The third kappa shape index (κ3) is 5.58. The number of carbonyl (C=O) groups excluding carboxylic acids is 1. The molecule has 9 nitrogen and oxygen atoms in total. The molecule has 3 aromatic rings. The van der Waals surface area contributed by atoms with Crippen LogP contribution < -0.4 is 17.0 Å². The van der Waals surface area contributed by atoms with Gasteiger partial charge < -0.3 is 10.7 Å². The van der Waals surface area contributed by atoms with E-state index in [1.807, 2.05) is 0 Å². The van der Waals surface area contributed by atoms with Gasteiger partial charge in [0.2, 0.25) is 5.91 Å². The van der Waals surface area contributed by atoms with Crippen LogP contribution in [0.25, 0.3) is 10.9 Å². The highest BCUT2D eigenvalue weighted by atomic mass is 35.5. The summed E-state index contributed by atoms with van der Waals surface area (Å²) in [5.74, 6) is -0.953. The number of aromatic amines is 1. The van der Waals surface area contributed by atoms with Gasteiger partial charge in [-0.3, -0.25) is 19.1 Å². The van der Waals surface area contributed by atoms with Crippen LogP contribution in [0.1, 0.15) is 36.5 Å². The number of H-pyrrole nitrogens is 1. The van der Waals surface area contributed by atoms with Gasteiger partial charge in [-0.15, -0.1) is 0 Å². The lowest BCUT2D eigenvalue weighted by atomic mass is 10.0. The Morgan fingerprint density at radius 2 is 1.87 bits per heavy atom. The highest BCUT2D eigenvalue weighted by Gasteiger charge is 2.38. The summed E-state index contributed by atoms with van der Waals surface area (Å²) in [5.41, 5.74) is 1.36. The Hall–Kier alpha value is -2.87. The number of likely N-dealkylation sites (tertiary alicyclic amines) is 1. The van der Waals surface area contributed by atoms with Gasteiger partial charge in [0.05, 0.1) is 44.7 Å². The van der Waals surface area contributed by atoms with E-state index in [4.69, 9.17) is 28.9 Å². The van der Waals surface area contributed by atoms with Gasteiger partial charge in [-0.05, 0) is 54.8 Å². The minimum Gasteiger partial charge on any atom is -0.368 e. The van der Waals surface area contributed by atoms with Crippen molar-refractivity contribution in [1.82, 2.24) is 14.5 Å². The van der Waals surface area contributed by atoms with E-state index in [0.717, 1.165) is 0 Å². The molecular weight excluding hydrogens is 584 g/mol. The number of halogens is 5. The minimum absolute atomic E-state index is 0.0154. The molecule has 3 N–H and O–H groups in total. The Morgan fingerprint density at radius 3 is 2.49 bits per heavy atom. The molecule has 1 aliphatic rings. The monoisotopic (exact) mass is 606 g/mol. The number of nitrogens with one attached hydrogen (secondary N) is 1. The molecule has 39 heavy (non-hydrogen) atoms. The maximum absolute atomic E-state index is 14.2. The van der Waals surface area contributed by atoms with Gasteiger partial charge in [0.1, 0.15) is 0 Å². The molecule has 0 saturated carbocycles. The van der Waals surface area contributed by atoms with Crippen molar-refractivity contribution in [2.75, 3.05) is 12.3 Å². The predicted molar refractivity (Wildman–Crippen MR) is 140 cm³/mol. The van der Waals surface area contributed by atoms with Crippen LogP contribution in [-0.4, -0.2) is 47.1 Å². The first-order chi connectivity index (χ1) is 18.2. The number of nitrogens with zero attached hydrogens (tertiary/aromatic N) is 2. The van der Waals surface area contributed by atoms with Crippen LogP contribution in [0.5, 0.6) is 0 Å². The normalized spacial score (nSPS) is 16.7. The average molecular weight is 607 g/mol. The molecule has 1 unspecified atom stereocenters. The number of primary amides is 1. The Balaban J connectivity index is 1.91. The van der Waals surface area contributed by atoms with Crippen molar-refractivity contribution >= 4 is 49.8 Å². The molecule has 1 amide bonds. The number of aromatic nitrogens is 2. The third-order valence-corrected chi connectivity index (χ3v) is 9.23. The van der Waals surface area contributed by atoms with Crippen LogP contribution in [0.3, 0.4) is 0 Å². The van der Waals surface area contributed by atoms with Crippen LogP contribution in [0.15, 0.2) is 38.8 Å². The number of hydrogen-bond donors (Lipinski definition) is 2. The Bertz CT molecular complexity index is 1700. The first kappa shape index (κ1) is 29.1. The van der Waals surface area contributed by atoms with Crippen molar-refractivity contribution < 1.29 is 26.4 Å². The molecule has 210 valence electrons. The van der Waals surface area contributed by atoms with Crippen LogP contribution in [0, 0.1) is 0 Å². The fourth-order valence-corrected chi connectivity index (χ4v) is 6.40. The second kappa shape index (κ2) is 10.6. The summed E-state index contributed by atoms with van der Waals surface area (Å²) in [7, 11) is -3.79. The second-order valence-electron chi connectivity index (χ2n) is 9.14. The van der Waals surface area contributed by atoms with Crippen molar-refractivity contribution in [1.29, 1.82) is 0 Å². The number of benzene rings is 2. The van der Waals surface area contributed by atoms with E-state index in [-0.39, 0.29) is 33.3 Å². The molecule has 1 saturated heterocycles. The van der Waals surface area contributed by atoms with E-state index in [9.17, 15) is 36.0 Å². The van der Waals surface area contributed by atoms with Crippen LogP contribution in [0.2, 0.25) is 10.0 Å². The summed E-state index contributed by atoms with van der Waals surface area (Å²) in [6, 6.07) is 3.65. The molecule has 4 rings (SSSR count). The van der Waals surface area contributed by atoms with E-state index in [1.54, 1.807) is 0 Å². The maximum atomic E-state index is 14.2. The van der Waals surface area contributed by atoms with Gasteiger partial charge in [0, 0.05) is 11.6 Å². The van der Waals surface area contributed by atoms with E-state index < -0.39 is 67.3 Å². The second-order valence-corrected chi connectivity index (χ2v) is 12.2. The average Bonchev–Trinajstić information content (AvgIpc) is 3.31. The molecular formula is C24H23Cl2F3N4O5S. The molecule has 2 aromatic carbocycles. The fourth-order valence-electron chi connectivity index (χ4n) is 4.79. The van der Waals surface area contributed by atoms with E-state index in [0.29, 0.717) is 30.0 Å². The van der Waals surface area contributed by atoms with Crippen molar-refractivity contribution in [3.8, 4) is 0 Å². The molecule has 1 atom stereocenters. The first-order valence-electron chi connectivity index (χ1n) is 11.8. The van der Waals surface area contributed by atoms with Crippen LogP contribution in [0.4, 0.5) is 13.2 Å². The van der Waals surface area contributed by atoms with Crippen molar-refractivity contribution in [3.05, 3.63) is 71.8 Å². The zero-order chi connectivity index (χ0) is 28.9. The first-order valence-corrected chi connectivity index (χ1v) is 14.2. The molecule has 1 aromatic heterocycles. The third-order valence-electron chi connectivity index (χ3n) is 6.75. The standard InChI is InChI=1S/C24H23Cl2F3N4O5S/c1-2-39(37,38)18-6-5-13(25)8-12(18)10-33-22(35)14-9-16(24(27,28)29)15(19(26)20(14)31-23(33)36)11-32-7-3-4-17(32)21(30)34/h5-6,8-9,17H,2-4,7,10-11H2,1H3,(H2,30,34)(H,31,36). The number of sulfone groups is 1. The van der Waals surface area contributed by atoms with Crippen molar-refractivity contribution in [2.45, 2.75) is 50.0 Å². The highest BCUT2D eigenvalue weighted by molar-refractivity contribution is 7.91. The zero-order valence-corrected chi connectivity index (χ0v) is 22.8. The summed E-state index contributed by atoms with van der Waals surface area (Å²) in [5, 5.41) is -0.882. The lowest BCUT2D eigenvalue weighted by Crippen LogP contribution is -2.40. The lowest BCUT2D eigenvalue weighted by Gasteiger charge is -2.25. The molecule has 1 fully saturated rings. The summed E-state index contributed by atoms with van der Waals surface area (Å²) in [4.78, 5) is 41.8. The van der Waals surface area contributed by atoms with Crippen LogP contribution in [-0.2, 0) is 33.9 Å². The topological polar surface area (TPSA) is 135 Å². The number of amides is 1. The SMILES string of the molecule is CCS(=O)(=O)c1ccc(Cl)cc1Cn1c(=O)[nH]c2c(Cl)c(CN3CCCC3C(N)=O)c(C(F)(F)F)cc2c1=O. The number of alkyl halides is 3. The largest absolute Gasteiger partial charge is 0.416 e. The Morgan fingerprint density at radius 1 is 1.18 bits per heavy atom. The maximum Gasteiger partial charge on any atom is 0.416 e. The van der Waals surface area contributed by atoms with E-state index >= 15 is 0 Å². The number of nitrogens with two attached hydrogens (primary N) is 1. The molecule has 0 radical (unpaired) electrons. The van der Waals surface area contributed by atoms with Gasteiger partial charge in [-0.1, -0.05) is 30.1 Å². The Labute approximate surface area is 230 Å². The Kier molecular flexibility index (Phi) is 7.92. The van der Waals surface area contributed by atoms with Gasteiger partial charge in [0.25, 0.3) is 5.56 Å². The van der Waals surface area contributed by atoms with E-state index in [2.05, 4.69) is 4.98 Å². The molecule has 0 spiro atoms. The summed E-state index contributed by atoms with van der Waals surface area (Å²) in [6.45, 7) is 0.756. The van der Waals surface area contributed by atoms with E-state index in [1.165, 1.54) is 30.0 Å². The van der Waals surface area contributed by atoms with Gasteiger partial charge >= 0.3 is 11.9 Å². The molecule has 1 aliphatic heterocycles. The smallest absolute Gasteiger partial charge is 0.368 e. The molecule has 2 heterocycles. The summed E-state index contributed by atoms with van der Waals surface area (Å²) in [6.07, 6.45) is -4.01. The molecule has 15 heteroatoms.